The third kappa shape index (κ3) is 9.05. The van der Waals surface area contributed by atoms with Gasteiger partial charge in [0.05, 0.1) is 6.04 Å². The number of anilines is 1. The summed E-state index contributed by atoms with van der Waals surface area (Å²) in [5, 5.41) is 8.97. The SMILES string of the molecule is NC(N)=NCCCCC(=O)NCCN1C[C@H](NC(=O)C(=O)Nc2ccc(Cl)cc2)C=CC12CCCCC2. The Morgan fingerprint density at radius 2 is 1.78 bits per heavy atom. The van der Waals surface area contributed by atoms with Crippen LogP contribution in [0.2, 0.25) is 5.02 Å². The summed E-state index contributed by atoms with van der Waals surface area (Å²) in [5.41, 5.74) is 11.0. The van der Waals surface area contributed by atoms with Crippen molar-refractivity contribution in [1.82, 2.24) is 15.5 Å². The molecule has 0 aromatic heterocycles. The molecular weight excluding hydrogens is 494 g/mol. The summed E-state index contributed by atoms with van der Waals surface area (Å²) < 4.78 is 0. The largest absolute Gasteiger partial charge is 0.370 e. The second-order valence-corrected chi connectivity index (χ2v) is 10.1. The van der Waals surface area contributed by atoms with Crippen LogP contribution in [-0.2, 0) is 14.4 Å². The van der Waals surface area contributed by atoms with Crippen LogP contribution in [0.1, 0.15) is 51.4 Å². The first-order valence-electron chi connectivity index (χ1n) is 12.9. The van der Waals surface area contributed by atoms with E-state index in [-0.39, 0.29) is 23.4 Å². The fourth-order valence-electron chi connectivity index (χ4n) is 4.91. The van der Waals surface area contributed by atoms with Crippen molar-refractivity contribution in [2.24, 2.45) is 16.5 Å². The van der Waals surface area contributed by atoms with Crippen LogP contribution in [0.5, 0.6) is 0 Å². The van der Waals surface area contributed by atoms with Crippen molar-refractivity contribution >= 4 is 41.0 Å². The average Bonchev–Trinajstić information content (AvgIpc) is 2.87. The van der Waals surface area contributed by atoms with Crippen LogP contribution in [0.25, 0.3) is 0 Å². The maximum atomic E-state index is 12.6. The van der Waals surface area contributed by atoms with Crippen molar-refractivity contribution in [3.63, 3.8) is 0 Å². The number of carbonyl (C=O) groups is 3. The molecule has 0 bridgehead atoms. The predicted molar refractivity (Wildman–Crippen MR) is 146 cm³/mol. The number of nitrogens with two attached hydrogens (primary N) is 2. The molecule has 1 atom stereocenters. The number of rotatable bonds is 10. The van der Waals surface area contributed by atoms with E-state index in [0.29, 0.717) is 49.7 Å². The molecule has 10 nitrogen and oxygen atoms in total. The van der Waals surface area contributed by atoms with Gasteiger partial charge < -0.3 is 27.4 Å². The zero-order valence-corrected chi connectivity index (χ0v) is 21.9. The Labute approximate surface area is 223 Å². The lowest BCUT2D eigenvalue weighted by Gasteiger charge is -2.48. The summed E-state index contributed by atoms with van der Waals surface area (Å²) >= 11 is 5.87. The molecule has 1 fully saturated rings. The second kappa shape index (κ2) is 14.0. The molecule has 0 unspecified atom stereocenters. The number of benzene rings is 1. The third-order valence-electron chi connectivity index (χ3n) is 6.84. The molecule has 37 heavy (non-hydrogen) atoms. The summed E-state index contributed by atoms with van der Waals surface area (Å²) in [6.45, 7) is 2.27. The lowest BCUT2D eigenvalue weighted by molar-refractivity contribution is -0.136. The smallest absolute Gasteiger partial charge is 0.313 e. The molecule has 202 valence electrons. The van der Waals surface area contributed by atoms with Gasteiger partial charge in [-0.05, 0) is 49.9 Å². The Morgan fingerprint density at radius 1 is 1.05 bits per heavy atom. The van der Waals surface area contributed by atoms with E-state index in [4.69, 9.17) is 23.1 Å². The van der Waals surface area contributed by atoms with Gasteiger partial charge in [-0.3, -0.25) is 24.3 Å². The summed E-state index contributed by atoms with van der Waals surface area (Å²) in [7, 11) is 0. The van der Waals surface area contributed by atoms with E-state index < -0.39 is 11.8 Å². The van der Waals surface area contributed by atoms with Crippen molar-refractivity contribution in [3.8, 4) is 0 Å². The lowest BCUT2D eigenvalue weighted by atomic mass is 9.77. The van der Waals surface area contributed by atoms with Crippen LogP contribution in [0, 0.1) is 0 Å². The Kier molecular flexibility index (Phi) is 10.8. The van der Waals surface area contributed by atoms with Gasteiger partial charge in [0.2, 0.25) is 5.91 Å². The molecule has 1 spiro atoms. The van der Waals surface area contributed by atoms with Gasteiger partial charge in [-0.15, -0.1) is 0 Å². The summed E-state index contributed by atoms with van der Waals surface area (Å²) in [6.07, 6.45) is 11.7. The summed E-state index contributed by atoms with van der Waals surface area (Å²) in [4.78, 5) is 43.5. The molecule has 1 aliphatic heterocycles. The van der Waals surface area contributed by atoms with E-state index in [1.807, 2.05) is 6.08 Å². The molecule has 3 amide bonds. The molecule has 7 N–H and O–H groups in total. The fraction of sp³-hybridized carbons (Fsp3) is 0.538. The number of unbranched alkanes of at least 4 members (excludes halogenated alkanes) is 1. The Morgan fingerprint density at radius 3 is 2.49 bits per heavy atom. The molecule has 2 aliphatic rings. The normalized spacial score (nSPS) is 18.7. The van der Waals surface area contributed by atoms with Crippen LogP contribution in [0.15, 0.2) is 41.4 Å². The Hall–Kier alpha value is -3.11. The molecule has 1 aromatic rings. The highest BCUT2D eigenvalue weighted by atomic mass is 35.5. The minimum atomic E-state index is -0.729. The quantitative estimate of drug-likeness (QED) is 0.102. The van der Waals surface area contributed by atoms with Gasteiger partial charge >= 0.3 is 11.8 Å². The molecule has 0 saturated heterocycles. The number of hydrogen-bond acceptors (Lipinski definition) is 5. The Bertz CT molecular complexity index is 986. The molecule has 1 saturated carbocycles. The van der Waals surface area contributed by atoms with E-state index in [0.717, 1.165) is 32.1 Å². The lowest BCUT2D eigenvalue weighted by Crippen LogP contribution is -2.59. The molecule has 11 heteroatoms. The van der Waals surface area contributed by atoms with Gasteiger partial charge in [-0.25, -0.2) is 0 Å². The van der Waals surface area contributed by atoms with E-state index >= 15 is 0 Å². The van der Waals surface area contributed by atoms with Crippen LogP contribution in [-0.4, -0.2) is 66.3 Å². The van der Waals surface area contributed by atoms with Gasteiger partial charge in [0.1, 0.15) is 0 Å². The first kappa shape index (κ1) is 28.5. The van der Waals surface area contributed by atoms with Crippen LogP contribution in [0.3, 0.4) is 0 Å². The van der Waals surface area contributed by atoms with Crippen molar-refractivity contribution in [1.29, 1.82) is 0 Å². The van der Waals surface area contributed by atoms with Gasteiger partial charge in [-0.2, -0.15) is 0 Å². The second-order valence-electron chi connectivity index (χ2n) is 9.62. The molecule has 1 aromatic carbocycles. The third-order valence-corrected chi connectivity index (χ3v) is 7.09. The maximum absolute atomic E-state index is 12.6. The number of amides is 3. The fourth-order valence-corrected chi connectivity index (χ4v) is 5.04. The average molecular weight is 532 g/mol. The van der Waals surface area contributed by atoms with Gasteiger partial charge in [0.15, 0.2) is 5.96 Å². The topological polar surface area (TPSA) is 155 Å². The van der Waals surface area contributed by atoms with E-state index in [1.165, 1.54) is 6.42 Å². The number of nitrogens with one attached hydrogen (secondary N) is 3. The van der Waals surface area contributed by atoms with Crippen molar-refractivity contribution in [2.45, 2.75) is 62.9 Å². The maximum Gasteiger partial charge on any atom is 0.313 e. The van der Waals surface area contributed by atoms with E-state index in [9.17, 15) is 14.4 Å². The van der Waals surface area contributed by atoms with Gasteiger partial charge in [0, 0.05) is 48.8 Å². The summed E-state index contributed by atoms with van der Waals surface area (Å²) in [5.74, 6) is -1.36. The van der Waals surface area contributed by atoms with Gasteiger partial charge in [-0.1, -0.05) is 43.0 Å². The van der Waals surface area contributed by atoms with Crippen LogP contribution < -0.4 is 27.4 Å². The van der Waals surface area contributed by atoms with E-state index in [1.54, 1.807) is 24.3 Å². The number of nitrogens with zero attached hydrogens (tertiary/aromatic N) is 2. The standard InChI is InChI=1S/C26H38ClN7O3/c27-19-7-9-20(10-8-19)32-23(36)24(37)33-21-11-14-26(12-3-1-4-13-26)34(18-21)17-16-30-22(35)6-2-5-15-31-25(28)29/h7-11,14,21H,1-6,12-13,15-18H2,(H,30,35)(H,32,36)(H,33,37)(H4,28,29,31)/t21-/m1/s1. The molecular formula is C26H38ClN7O3. The minimum Gasteiger partial charge on any atom is -0.370 e. The van der Waals surface area contributed by atoms with Crippen LogP contribution in [0.4, 0.5) is 5.69 Å². The first-order valence-corrected chi connectivity index (χ1v) is 13.3. The zero-order chi connectivity index (χ0) is 26.7. The monoisotopic (exact) mass is 531 g/mol. The van der Waals surface area contributed by atoms with Crippen molar-refractivity contribution in [2.75, 3.05) is 31.5 Å². The number of carbonyl (C=O) groups excluding carboxylic acids is 3. The molecule has 1 aliphatic carbocycles. The predicted octanol–water partition coefficient (Wildman–Crippen LogP) is 1.90. The highest BCUT2D eigenvalue weighted by molar-refractivity contribution is 6.39. The number of aliphatic imine (C=N–C) groups is 1. The van der Waals surface area contributed by atoms with Crippen LogP contribution >= 0.6 is 11.6 Å². The van der Waals surface area contributed by atoms with E-state index in [2.05, 4.69) is 31.9 Å². The number of guanidine groups is 1. The molecule has 0 radical (unpaired) electrons. The Balaban J connectivity index is 1.50. The number of halogens is 1. The highest BCUT2D eigenvalue weighted by Crippen LogP contribution is 2.37. The van der Waals surface area contributed by atoms with Crippen molar-refractivity contribution < 1.29 is 14.4 Å². The highest BCUT2D eigenvalue weighted by Gasteiger charge is 2.39. The molecule has 3 rings (SSSR count). The summed E-state index contributed by atoms with van der Waals surface area (Å²) in [6, 6.07) is 6.27. The first-order chi connectivity index (χ1) is 17.8. The zero-order valence-electron chi connectivity index (χ0n) is 21.2. The van der Waals surface area contributed by atoms with Crippen molar-refractivity contribution in [3.05, 3.63) is 41.4 Å². The number of hydrogen-bond donors (Lipinski definition) is 5. The molecule has 1 heterocycles. The van der Waals surface area contributed by atoms with Gasteiger partial charge in [0.25, 0.3) is 0 Å². The minimum absolute atomic E-state index is 0.00123.